The number of nitrogens with zero attached hydrogens (tertiary/aromatic N) is 6. The van der Waals surface area contributed by atoms with Crippen molar-refractivity contribution < 1.29 is 9.53 Å². The largest absolute Gasteiger partial charge is 0.462 e. The molecule has 0 amide bonds. The summed E-state index contributed by atoms with van der Waals surface area (Å²) in [5, 5.41) is 20.9. The van der Waals surface area contributed by atoms with Gasteiger partial charge in [0.05, 0.1) is 5.69 Å². The first-order chi connectivity index (χ1) is 18.6. The Labute approximate surface area is 238 Å². The number of carbonyl (C=O) groups excluding carboxylic acids is 1. The van der Waals surface area contributed by atoms with Gasteiger partial charge in [-0.05, 0) is 36.4 Å². The monoisotopic (exact) mass is 562 g/mol. The van der Waals surface area contributed by atoms with Crippen LogP contribution >= 0.6 is 22.9 Å². The van der Waals surface area contributed by atoms with Gasteiger partial charge in [0, 0.05) is 43.3 Å². The van der Waals surface area contributed by atoms with E-state index in [-0.39, 0.29) is 23.9 Å². The van der Waals surface area contributed by atoms with E-state index in [0.29, 0.717) is 47.4 Å². The van der Waals surface area contributed by atoms with Crippen molar-refractivity contribution in [1.82, 2.24) is 9.36 Å². The molecule has 8 nitrogen and oxygen atoms in total. The number of anilines is 1. The van der Waals surface area contributed by atoms with Crippen LogP contribution in [0.1, 0.15) is 83.0 Å². The molecule has 2 radical (unpaired) electrons. The van der Waals surface area contributed by atoms with Crippen molar-refractivity contribution in [3.05, 3.63) is 48.0 Å². The molecule has 10 heteroatoms. The van der Waals surface area contributed by atoms with E-state index in [1.807, 2.05) is 20.8 Å². The Hall–Kier alpha value is -3.16. The molecular weight excluding hydrogens is 528 g/mol. The molecule has 1 atom stereocenters. The second-order valence-electron chi connectivity index (χ2n) is 10.7. The number of rotatable bonds is 8. The molecule has 0 saturated carbocycles. The third kappa shape index (κ3) is 6.71. The molecule has 0 spiro atoms. The van der Waals surface area contributed by atoms with E-state index in [4.69, 9.17) is 16.6 Å². The fourth-order valence-electron chi connectivity index (χ4n) is 4.35. The summed E-state index contributed by atoms with van der Waals surface area (Å²) in [6.07, 6.45) is 2.26. The van der Waals surface area contributed by atoms with E-state index < -0.39 is 0 Å². The number of nitriles is 1. The summed E-state index contributed by atoms with van der Waals surface area (Å²) < 4.78 is 9.92. The normalized spacial score (nSPS) is 15.5. The van der Waals surface area contributed by atoms with Gasteiger partial charge in [-0.25, -0.2) is 4.98 Å². The van der Waals surface area contributed by atoms with Gasteiger partial charge in [0.25, 0.3) is 0 Å². The number of azo groups is 1. The van der Waals surface area contributed by atoms with Gasteiger partial charge in [0.2, 0.25) is 0 Å². The van der Waals surface area contributed by atoms with Gasteiger partial charge in [0.1, 0.15) is 23.4 Å². The maximum atomic E-state index is 11.6. The van der Waals surface area contributed by atoms with Gasteiger partial charge < -0.3 is 9.64 Å². The molecule has 3 aromatic rings. The number of aromatic nitrogens is 2. The Morgan fingerprint density at radius 3 is 2.49 bits per heavy atom. The van der Waals surface area contributed by atoms with Crippen LogP contribution in [0.4, 0.5) is 15.1 Å². The molecule has 0 N–H and O–H groups in total. The summed E-state index contributed by atoms with van der Waals surface area (Å²) in [4.78, 5) is 18.8. The van der Waals surface area contributed by atoms with Crippen LogP contribution in [-0.4, -0.2) is 34.5 Å². The number of thiazole rings is 1. The van der Waals surface area contributed by atoms with Gasteiger partial charge in [-0.2, -0.15) is 9.64 Å². The first-order valence-corrected chi connectivity index (χ1v) is 14.8. The smallest absolute Gasteiger partial charge is 0.306 e. The Kier molecular flexibility index (Phi) is 9.13. The van der Waals surface area contributed by atoms with Gasteiger partial charge in [-0.15, -0.1) is 10.2 Å². The zero-order chi connectivity index (χ0) is 28.2. The summed E-state index contributed by atoms with van der Waals surface area (Å²) in [5.74, 6) is 0.106. The molecule has 1 aliphatic heterocycles. The second kappa shape index (κ2) is 12.3. The van der Waals surface area contributed by atoms with Crippen molar-refractivity contribution >= 4 is 44.0 Å². The minimum atomic E-state index is -0.372. The van der Waals surface area contributed by atoms with Crippen molar-refractivity contribution in [3.63, 3.8) is 0 Å². The highest BCUT2D eigenvalue weighted by molar-refractivity contribution is 7.19. The Bertz CT molecular complexity index is 1360. The van der Waals surface area contributed by atoms with Crippen molar-refractivity contribution in [3.8, 4) is 17.3 Å². The van der Waals surface area contributed by atoms with Gasteiger partial charge in [-0.1, -0.05) is 70.2 Å². The number of piperidine rings is 1. The number of ether oxygens (including phenoxy) is 1. The highest BCUT2D eigenvalue weighted by atomic mass is 32.1. The van der Waals surface area contributed by atoms with E-state index in [9.17, 15) is 10.1 Å². The standard InChI is InChI=1S/C29H34N6O2S2/c1-7-18(3)19-9-11-20(12-10-19)24-27(33-32-26-22(17-30)25(34-39-26)29(4,5)6)38-28(31-24)35-15-13-21(14-16-35)37-23(36)8-2/h2,9-12,18,21H,7-8,13-16H2,1,3-6H3/b33-32+. The first-order valence-electron chi connectivity index (χ1n) is 13.2. The van der Waals surface area contributed by atoms with Crippen LogP contribution in [0, 0.1) is 18.3 Å². The molecular formula is C29H34N6O2S2. The molecule has 2 aromatic heterocycles. The maximum absolute atomic E-state index is 11.6. The zero-order valence-corrected chi connectivity index (χ0v) is 24.7. The first kappa shape index (κ1) is 28.8. The number of hydrogen-bond donors (Lipinski definition) is 0. The van der Waals surface area contributed by atoms with Crippen LogP contribution in [0.5, 0.6) is 0 Å². The Morgan fingerprint density at radius 1 is 1.23 bits per heavy atom. The van der Waals surface area contributed by atoms with Crippen LogP contribution in [0.2, 0.25) is 0 Å². The van der Waals surface area contributed by atoms with Gasteiger partial charge in [-0.3, -0.25) is 4.79 Å². The average Bonchev–Trinajstić information content (AvgIpc) is 3.56. The summed E-state index contributed by atoms with van der Waals surface area (Å²) in [6.45, 7) is 17.3. The molecule has 1 aliphatic rings. The van der Waals surface area contributed by atoms with Crippen molar-refractivity contribution in [2.75, 3.05) is 18.0 Å². The summed E-state index contributed by atoms with van der Waals surface area (Å²) in [5.41, 5.74) is 3.94. The summed E-state index contributed by atoms with van der Waals surface area (Å²) >= 11 is 2.66. The number of esters is 1. The van der Waals surface area contributed by atoms with E-state index in [1.54, 1.807) is 0 Å². The Morgan fingerprint density at radius 2 is 1.90 bits per heavy atom. The molecule has 0 aliphatic carbocycles. The van der Waals surface area contributed by atoms with Gasteiger partial charge in [0.15, 0.2) is 15.1 Å². The molecule has 1 saturated heterocycles. The number of hydrogen-bond acceptors (Lipinski definition) is 10. The highest BCUT2D eigenvalue weighted by Crippen LogP contribution is 2.43. The van der Waals surface area contributed by atoms with Crippen LogP contribution in [0.15, 0.2) is 34.5 Å². The van der Waals surface area contributed by atoms with E-state index >= 15 is 0 Å². The van der Waals surface area contributed by atoms with E-state index in [2.05, 4.69) is 63.7 Å². The Balaban J connectivity index is 1.65. The predicted molar refractivity (Wildman–Crippen MR) is 156 cm³/mol. The lowest BCUT2D eigenvalue weighted by Crippen LogP contribution is -2.37. The summed E-state index contributed by atoms with van der Waals surface area (Å²) in [6, 6.07) is 10.7. The summed E-state index contributed by atoms with van der Waals surface area (Å²) in [7, 11) is 0. The van der Waals surface area contributed by atoms with Crippen molar-refractivity contribution in [1.29, 1.82) is 5.26 Å². The number of benzene rings is 1. The van der Waals surface area contributed by atoms with E-state index in [1.165, 1.54) is 28.4 Å². The quantitative estimate of drug-likeness (QED) is 0.204. The highest BCUT2D eigenvalue weighted by Gasteiger charge is 2.27. The van der Waals surface area contributed by atoms with Crippen LogP contribution in [0.3, 0.4) is 0 Å². The fraction of sp³-hybridized carbons (Fsp3) is 0.483. The molecule has 1 unspecified atom stereocenters. The molecule has 4 rings (SSSR count). The fourth-order valence-corrected chi connectivity index (χ4v) is 6.17. The second-order valence-corrected chi connectivity index (χ2v) is 12.4. The minimum absolute atomic E-state index is 0.106. The molecule has 39 heavy (non-hydrogen) atoms. The molecule has 1 fully saturated rings. The topological polar surface area (TPSA) is 104 Å². The van der Waals surface area contributed by atoms with Crippen molar-refractivity contribution in [2.45, 2.75) is 77.7 Å². The average molecular weight is 563 g/mol. The third-order valence-electron chi connectivity index (χ3n) is 6.87. The SMILES string of the molecule is [CH]CC(=O)OC1CCN(c2nc(-c3ccc(C(C)CC)cc3)c(/N=N/c3snc(C(C)(C)C)c3C#N)s2)CC1. The van der Waals surface area contributed by atoms with Crippen LogP contribution < -0.4 is 4.90 Å². The number of carbonyl (C=O) groups is 1. The third-order valence-corrected chi connectivity index (χ3v) is 8.60. The molecule has 3 heterocycles. The van der Waals surface area contributed by atoms with Crippen molar-refractivity contribution in [2.24, 2.45) is 10.2 Å². The maximum Gasteiger partial charge on any atom is 0.306 e. The lowest BCUT2D eigenvalue weighted by atomic mass is 9.90. The zero-order valence-electron chi connectivity index (χ0n) is 23.1. The van der Waals surface area contributed by atoms with E-state index in [0.717, 1.165) is 28.5 Å². The lowest BCUT2D eigenvalue weighted by Gasteiger charge is -2.31. The van der Waals surface area contributed by atoms with Gasteiger partial charge >= 0.3 is 5.97 Å². The van der Waals surface area contributed by atoms with Crippen LogP contribution in [0.25, 0.3) is 11.3 Å². The predicted octanol–water partition coefficient (Wildman–Crippen LogP) is 7.98. The minimum Gasteiger partial charge on any atom is -0.462 e. The molecule has 1 aromatic carbocycles. The lowest BCUT2D eigenvalue weighted by molar-refractivity contribution is -0.148. The van der Waals surface area contributed by atoms with Crippen LogP contribution in [-0.2, 0) is 14.9 Å². The molecule has 204 valence electrons. The molecule has 0 bridgehead atoms.